The minimum atomic E-state index is -0.233. The Bertz CT molecular complexity index is 1130. The maximum atomic E-state index is 12.5. The Morgan fingerprint density at radius 1 is 1.06 bits per heavy atom. The molecule has 0 unspecified atom stereocenters. The minimum absolute atomic E-state index is 0.158. The quantitative estimate of drug-likeness (QED) is 0.474. The summed E-state index contributed by atoms with van der Waals surface area (Å²) in [6.45, 7) is 3.84. The first kappa shape index (κ1) is 22.9. The highest BCUT2D eigenvalue weighted by molar-refractivity contribution is 6.30. The summed E-state index contributed by atoms with van der Waals surface area (Å²) in [5, 5.41) is 6.57. The van der Waals surface area contributed by atoms with Gasteiger partial charge in [-0.25, -0.2) is 4.79 Å². The van der Waals surface area contributed by atoms with Crippen LogP contribution in [0.3, 0.4) is 0 Å². The third kappa shape index (κ3) is 5.93. The zero-order valence-corrected chi connectivity index (χ0v) is 19.4. The van der Waals surface area contributed by atoms with Gasteiger partial charge in [0, 0.05) is 31.1 Å². The summed E-state index contributed by atoms with van der Waals surface area (Å²) in [4.78, 5) is 26.3. The van der Waals surface area contributed by atoms with Gasteiger partial charge in [0.25, 0.3) is 0 Å². The van der Waals surface area contributed by atoms with Crippen molar-refractivity contribution in [1.29, 1.82) is 0 Å². The molecule has 0 radical (unpaired) electrons. The number of hydrogen-bond acceptors (Lipinski definition) is 2. The number of rotatable bonds is 7. The van der Waals surface area contributed by atoms with Crippen molar-refractivity contribution in [1.82, 2.24) is 15.5 Å². The zero-order valence-electron chi connectivity index (χ0n) is 18.7. The molecule has 0 saturated carbocycles. The van der Waals surface area contributed by atoms with Crippen molar-refractivity contribution in [3.05, 3.63) is 94.5 Å². The number of benzene rings is 3. The summed E-state index contributed by atoms with van der Waals surface area (Å²) in [5.41, 5.74) is 5.26. The van der Waals surface area contributed by atoms with E-state index in [1.165, 1.54) is 0 Å². The third-order valence-corrected chi connectivity index (χ3v) is 6.20. The first-order valence-electron chi connectivity index (χ1n) is 11.2. The van der Waals surface area contributed by atoms with Crippen LogP contribution in [-0.4, -0.2) is 23.4 Å². The molecule has 1 atom stereocenters. The van der Waals surface area contributed by atoms with Gasteiger partial charge in [-0.1, -0.05) is 72.3 Å². The van der Waals surface area contributed by atoms with Crippen molar-refractivity contribution < 1.29 is 9.59 Å². The fraction of sp³-hybridized carbons (Fsp3) is 0.259. The number of carbonyl (C=O) groups excluding carboxylic acids is 2. The molecule has 5 nitrogen and oxygen atoms in total. The van der Waals surface area contributed by atoms with Crippen LogP contribution in [0.1, 0.15) is 42.5 Å². The van der Waals surface area contributed by atoms with Gasteiger partial charge >= 0.3 is 6.03 Å². The van der Waals surface area contributed by atoms with Crippen molar-refractivity contribution >= 4 is 23.5 Å². The van der Waals surface area contributed by atoms with E-state index in [2.05, 4.69) is 41.0 Å². The fourth-order valence-electron chi connectivity index (χ4n) is 4.12. The van der Waals surface area contributed by atoms with Crippen LogP contribution < -0.4 is 10.6 Å². The highest BCUT2D eigenvalue weighted by atomic mass is 35.5. The molecule has 0 bridgehead atoms. The first-order chi connectivity index (χ1) is 16.0. The lowest BCUT2D eigenvalue weighted by molar-refractivity contribution is -0.128. The average molecular weight is 462 g/mol. The summed E-state index contributed by atoms with van der Waals surface area (Å²) in [6.07, 6.45) is 1.60. The second kappa shape index (κ2) is 10.5. The Balaban J connectivity index is 1.38. The van der Waals surface area contributed by atoms with Crippen LogP contribution in [-0.2, 0) is 17.9 Å². The summed E-state index contributed by atoms with van der Waals surface area (Å²) in [7, 11) is 0. The molecule has 1 heterocycles. The highest BCUT2D eigenvalue weighted by Gasteiger charge is 2.20. The standard InChI is InChI=1S/C27H28ClN3O2/c1-19(22-7-4-8-24(28)16-22)30-27(33)29-17-23-6-2-3-9-25(23)21-13-11-20(12-14-21)18-31-15-5-10-26(31)32/h2-4,6-9,11-14,16,19H,5,10,15,17-18H2,1H3,(H2,29,30,33)/t19-/m1/s1. The van der Waals surface area contributed by atoms with E-state index in [1.54, 1.807) is 0 Å². The van der Waals surface area contributed by atoms with Gasteiger partial charge in [-0.05, 0) is 53.3 Å². The van der Waals surface area contributed by atoms with E-state index in [0.29, 0.717) is 24.5 Å². The van der Waals surface area contributed by atoms with Crippen LogP contribution >= 0.6 is 11.6 Å². The number of nitrogens with zero attached hydrogens (tertiary/aromatic N) is 1. The summed E-state index contributed by atoms with van der Waals surface area (Å²) < 4.78 is 0. The topological polar surface area (TPSA) is 61.4 Å². The lowest BCUT2D eigenvalue weighted by atomic mass is 9.98. The van der Waals surface area contributed by atoms with Crippen LogP contribution in [0.2, 0.25) is 5.02 Å². The number of hydrogen-bond donors (Lipinski definition) is 2. The largest absolute Gasteiger partial charge is 0.338 e. The van der Waals surface area contributed by atoms with E-state index in [4.69, 9.17) is 11.6 Å². The second-order valence-corrected chi connectivity index (χ2v) is 8.81. The van der Waals surface area contributed by atoms with Crippen LogP contribution in [0, 0.1) is 0 Å². The predicted molar refractivity (Wildman–Crippen MR) is 132 cm³/mol. The monoisotopic (exact) mass is 461 g/mol. The fourth-order valence-corrected chi connectivity index (χ4v) is 4.32. The Morgan fingerprint density at radius 2 is 1.85 bits per heavy atom. The minimum Gasteiger partial charge on any atom is -0.338 e. The van der Waals surface area contributed by atoms with E-state index < -0.39 is 0 Å². The molecule has 4 rings (SSSR count). The van der Waals surface area contributed by atoms with E-state index in [0.717, 1.165) is 40.8 Å². The number of halogens is 1. The first-order valence-corrected chi connectivity index (χ1v) is 11.6. The molecule has 1 aliphatic rings. The zero-order chi connectivity index (χ0) is 23.2. The van der Waals surface area contributed by atoms with E-state index in [9.17, 15) is 9.59 Å². The van der Waals surface area contributed by atoms with Gasteiger partial charge in [-0.3, -0.25) is 4.79 Å². The smallest absolute Gasteiger partial charge is 0.315 e. The normalized spacial score (nSPS) is 14.2. The molecule has 6 heteroatoms. The predicted octanol–water partition coefficient (Wildman–Crippen LogP) is 5.69. The molecule has 0 aromatic heterocycles. The maximum absolute atomic E-state index is 12.5. The van der Waals surface area contributed by atoms with Gasteiger partial charge in [-0.15, -0.1) is 0 Å². The van der Waals surface area contributed by atoms with Gasteiger partial charge < -0.3 is 15.5 Å². The van der Waals surface area contributed by atoms with Gasteiger partial charge in [0.05, 0.1) is 6.04 Å². The van der Waals surface area contributed by atoms with Crippen molar-refractivity contribution in [2.24, 2.45) is 0 Å². The highest BCUT2D eigenvalue weighted by Crippen LogP contribution is 2.25. The Kier molecular flexibility index (Phi) is 7.30. The number of nitrogens with one attached hydrogen (secondary N) is 2. The molecule has 0 aliphatic carbocycles. The lowest BCUT2D eigenvalue weighted by Gasteiger charge is -2.17. The Morgan fingerprint density at radius 3 is 2.58 bits per heavy atom. The maximum Gasteiger partial charge on any atom is 0.315 e. The Labute approximate surface area is 199 Å². The van der Waals surface area contributed by atoms with Gasteiger partial charge in [0.1, 0.15) is 0 Å². The summed E-state index contributed by atoms with van der Waals surface area (Å²) in [5.74, 6) is 0.235. The van der Waals surface area contributed by atoms with Crippen molar-refractivity contribution in [3.8, 4) is 11.1 Å². The van der Waals surface area contributed by atoms with E-state index in [1.807, 2.05) is 54.3 Å². The molecule has 3 aromatic rings. The Hall–Kier alpha value is -3.31. The summed E-state index contributed by atoms with van der Waals surface area (Å²) in [6, 6.07) is 23.4. The van der Waals surface area contributed by atoms with Crippen LogP contribution in [0.15, 0.2) is 72.8 Å². The van der Waals surface area contributed by atoms with Gasteiger partial charge in [-0.2, -0.15) is 0 Å². The molecule has 3 amide bonds. The molecule has 33 heavy (non-hydrogen) atoms. The average Bonchev–Trinajstić information content (AvgIpc) is 3.22. The molecule has 170 valence electrons. The molecule has 1 saturated heterocycles. The molecular weight excluding hydrogens is 434 g/mol. The van der Waals surface area contributed by atoms with Crippen LogP contribution in [0.4, 0.5) is 4.79 Å². The van der Waals surface area contributed by atoms with Crippen LogP contribution in [0.25, 0.3) is 11.1 Å². The third-order valence-electron chi connectivity index (χ3n) is 5.96. The molecule has 1 fully saturated rings. The number of likely N-dealkylation sites (tertiary alicyclic amines) is 1. The molecule has 2 N–H and O–H groups in total. The number of urea groups is 1. The van der Waals surface area contributed by atoms with Gasteiger partial charge in [0.15, 0.2) is 0 Å². The second-order valence-electron chi connectivity index (χ2n) is 8.38. The number of amides is 3. The van der Waals surface area contributed by atoms with Crippen molar-refractivity contribution in [2.45, 2.75) is 38.9 Å². The molecule has 0 spiro atoms. The summed E-state index contributed by atoms with van der Waals surface area (Å²) >= 11 is 6.06. The van der Waals surface area contributed by atoms with E-state index >= 15 is 0 Å². The van der Waals surface area contributed by atoms with Crippen LogP contribution in [0.5, 0.6) is 0 Å². The lowest BCUT2D eigenvalue weighted by Crippen LogP contribution is -2.36. The van der Waals surface area contributed by atoms with Crippen molar-refractivity contribution in [2.75, 3.05) is 6.54 Å². The van der Waals surface area contributed by atoms with E-state index in [-0.39, 0.29) is 18.0 Å². The number of carbonyl (C=O) groups is 2. The SMILES string of the molecule is C[C@@H](NC(=O)NCc1ccccc1-c1ccc(CN2CCCC2=O)cc1)c1cccc(Cl)c1. The van der Waals surface area contributed by atoms with Gasteiger partial charge in [0.2, 0.25) is 5.91 Å². The molecule has 3 aromatic carbocycles. The molecule has 1 aliphatic heterocycles. The van der Waals surface area contributed by atoms with Crippen molar-refractivity contribution in [3.63, 3.8) is 0 Å². The molecular formula is C27H28ClN3O2.